The molecule has 1 heterocycles. The van der Waals surface area contributed by atoms with Crippen molar-refractivity contribution in [2.45, 2.75) is 45.2 Å². The fraction of sp³-hybridized carbons (Fsp3) is 1.00. The van der Waals surface area contributed by atoms with Crippen molar-refractivity contribution in [3.8, 4) is 0 Å². The molecule has 1 aliphatic heterocycles. The molecule has 1 rings (SSSR count). The monoisotopic (exact) mass is 280 g/mol. The van der Waals surface area contributed by atoms with Gasteiger partial charge in [-0.3, -0.25) is 0 Å². The summed E-state index contributed by atoms with van der Waals surface area (Å²) < 4.78 is 23.4. The molecule has 96 valence electrons. The van der Waals surface area contributed by atoms with Crippen molar-refractivity contribution in [2.75, 3.05) is 13.7 Å². The molecule has 0 aromatic carbocycles. The van der Waals surface area contributed by atoms with Gasteiger partial charge < -0.3 is 17.1 Å². The molecule has 0 radical (unpaired) electrons. The van der Waals surface area contributed by atoms with Crippen LogP contribution in [0.25, 0.3) is 0 Å². The average Bonchev–Trinajstić information content (AvgIpc) is 1.96. The first-order chi connectivity index (χ1) is 7.18. The maximum absolute atomic E-state index is 6.16. The Labute approximate surface area is 102 Å². The van der Waals surface area contributed by atoms with Gasteiger partial charge in [0.15, 0.2) is 0 Å². The Bertz CT molecular complexity index is 229. The lowest BCUT2D eigenvalue weighted by atomic mass is 10.5. The predicted octanol–water partition coefficient (Wildman–Crippen LogP) is 2.56. The van der Waals surface area contributed by atoms with Gasteiger partial charge in [0.1, 0.15) is 0 Å². The quantitative estimate of drug-likeness (QED) is 0.586. The zero-order valence-corrected chi connectivity index (χ0v) is 14.3. The van der Waals surface area contributed by atoms with Crippen molar-refractivity contribution >= 4 is 25.7 Å². The van der Waals surface area contributed by atoms with Gasteiger partial charge in [0.25, 0.3) is 0 Å². The second kappa shape index (κ2) is 5.01. The molecule has 1 saturated heterocycles. The minimum Gasteiger partial charge on any atom is -0.416 e. The molecule has 0 unspecified atom stereocenters. The minimum atomic E-state index is -2.03. The second-order valence-electron chi connectivity index (χ2n) is 5.34. The van der Waals surface area contributed by atoms with Crippen LogP contribution in [-0.2, 0) is 17.1 Å². The Morgan fingerprint density at radius 2 is 1.38 bits per heavy atom. The van der Waals surface area contributed by atoms with Gasteiger partial charge in [0.05, 0.1) is 0 Å². The van der Waals surface area contributed by atoms with Crippen molar-refractivity contribution in [3.05, 3.63) is 0 Å². The van der Waals surface area contributed by atoms with E-state index in [1.54, 1.807) is 7.11 Å². The van der Waals surface area contributed by atoms with Crippen LogP contribution < -0.4 is 0 Å². The van der Waals surface area contributed by atoms with Gasteiger partial charge in [-0.25, -0.2) is 0 Å². The van der Waals surface area contributed by atoms with Crippen LogP contribution in [0, 0.1) is 0 Å². The van der Waals surface area contributed by atoms with Crippen molar-refractivity contribution in [3.63, 3.8) is 0 Å². The highest BCUT2D eigenvalue weighted by Crippen LogP contribution is 2.33. The molecule has 0 bridgehead atoms. The molecular weight excluding hydrogens is 256 g/mol. The lowest BCUT2D eigenvalue weighted by Gasteiger charge is -2.47. The first kappa shape index (κ1) is 14.6. The topological polar surface area (TPSA) is 36.9 Å². The summed E-state index contributed by atoms with van der Waals surface area (Å²) in [5, 5.41) is 0. The fourth-order valence-corrected chi connectivity index (χ4v) is 18.6. The van der Waals surface area contributed by atoms with Crippen LogP contribution in [0.2, 0.25) is 38.8 Å². The lowest BCUT2D eigenvalue weighted by molar-refractivity contribution is 0.190. The summed E-state index contributed by atoms with van der Waals surface area (Å²) in [6.07, 6.45) is 1.01. The summed E-state index contributed by atoms with van der Waals surface area (Å²) >= 11 is 0. The highest BCUT2D eigenvalue weighted by atomic mass is 28.5. The van der Waals surface area contributed by atoms with Gasteiger partial charge >= 0.3 is 25.7 Å². The van der Waals surface area contributed by atoms with Crippen LogP contribution in [-0.4, -0.2) is 39.4 Å². The number of hydrogen-bond donors (Lipinski definition) is 0. The van der Waals surface area contributed by atoms with Crippen LogP contribution in [0.4, 0.5) is 0 Å². The Kier molecular flexibility index (Phi) is 4.55. The molecule has 1 aliphatic rings. The van der Waals surface area contributed by atoms with E-state index < -0.39 is 25.7 Å². The predicted molar refractivity (Wildman–Crippen MR) is 71.1 cm³/mol. The van der Waals surface area contributed by atoms with E-state index in [1.165, 1.54) is 0 Å². The van der Waals surface area contributed by atoms with E-state index >= 15 is 0 Å². The first-order valence-corrected chi connectivity index (χ1v) is 13.9. The zero-order valence-electron chi connectivity index (χ0n) is 11.3. The second-order valence-corrected chi connectivity index (χ2v) is 16.2. The summed E-state index contributed by atoms with van der Waals surface area (Å²) in [7, 11) is -4.22. The van der Waals surface area contributed by atoms with Crippen LogP contribution in [0.1, 0.15) is 6.42 Å². The van der Waals surface area contributed by atoms with Gasteiger partial charge in [0, 0.05) is 13.7 Å². The van der Waals surface area contributed by atoms with E-state index in [-0.39, 0.29) is 0 Å². The maximum atomic E-state index is 6.16. The van der Waals surface area contributed by atoms with E-state index in [1.807, 2.05) is 0 Å². The summed E-state index contributed by atoms with van der Waals surface area (Å²) in [5.41, 5.74) is 0. The summed E-state index contributed by atoms with van der Waals surface area (Å²) in [5.74, 6) is 0. The van der Waals surface area contributed by atoms with Crippen LogP contribution in [0.5, 0.6) is 0 Å². The van der Waals surface area contributed by atoms with E-state index in [9.17, 15) is 0 Å². The molecule has 7 heteroatoms. The number of ether oxygens (including phenoxy) is 1. The molecule has 0 aliphatic carbocycles. The normalized spacial score (nSPS) is 26.6. The minimum absolute atomic E-state index is 0.778. The maximum Gasteiger partial charge on any atom is 0.317 e. The lowest BCUT2D eigenvalue weighted by Crippen LogP contribution is -2.65. The highest BCUT2D eigenvalue weighted by molar-refractivity contribution is 6.92. The molecule has 0 saturated carbocycles. The Morgan fingerprint density at radius 1 is 0.875 bits per heavy atom. The van der Waals surface area contributed by atoms with Crippen molar-refractivity contribution in [1.82, 2.24) is 0 Å². The average molecular weight is 281 g/mol. The SMILES string of the molecule is COCCC[Si]1(C)O[Si](C)(C)O[Si](C)(C)O1. The zero-order chi connectivity index (χ0) is 12.4. The highest BCUT2D eigenvalue weighted by Gasteiger charge is 2.52. The Hall–Kier alpha value is 0.491. The molecule has 0 atom stereocenters. The molecule has 16 heavy (non-hydrogen) atoms. The summed E-state index contributed by atoms with van der Waals surface area (Å²) in [4.78, 5) is 0. The molecule has 0 aromatic rings. The Morgan fingerprint density at radius 3 is 1.81 bits per heavy atom. The summed E-state index contributed by atoms with van der Waals surface area (Å²) in [6.45, 7) is 11.4. The van der Waals surface area contributed by atoms with Crippen LogP contribution >= 0.6 is 0 Å². The number of rotatable bonds is 4. The van der Waals surface area contributed by atoms with Crippen molar-refractivity contribution in [2.24, 2.45) is 0 Å². The fourth-order valence-electron chi connectivity index (χ4n) is 2.33. The molecule has 0 spiro atoms. The van der Waals surface area contributed by atoms with E-state index in [4.69, 9.17) is 17.1 Å². The molecule has 0 amide bonds. The van der Waals surface area contributed by atoms with Crippen LogP contribution in [0.3, 0.4) is 0 Å². The van der Waals surface area contributed by atoms with Crippen molar-refractivity contribution in [1.29, 1.82) is 0 Å². The molecule has 0 N–H and O–H groups in total. The third-order valence-electron chi connectivity index (χ3n) is 2.39. The van der Waals surface area contributed by atoms with Crippen molar-refractivity contribution < 1.29 is 17.1 Å². The van der Waals surface area contributed by atoms with Gasteiger partial charge in [-0.05, 0) is 45.2 Å². The standard InChI is InChI=1S/C9H24O4Si3/c1-10-8-7-9-16(6)12-14(2,3)11-15(4,5)13-16/h7-9H2,1-6H3. The number of hydrogen-bond acceptors (Lipinski definition) is 4. The largest absolute Gasteiger partial charge is 0.416 e. The van der Waals surface area contributed by atoms with E-state index in [0.29, 0.717) is 0 Å². The molecule has 4 nitrogen and oxygen atoms in total. The summed E-state index contributed by atoms with van der Waals surface area (Å²) in [6, 6.07) is 0.997. The molecule has 0 aromatic heterocycles. The molecular formula is C9H24O4Si3. The molecule has 1 fully saturated rings. The number of methoxy groups -OCH3 is 1. The third kappa shape index (κ3) is 4.40. The first-order valence-electron chi connectivity index (χ1n) is 5.78. The van der Waals surface area contributed by atoms with Crippen LogP contribution in [0.15, 0.2) is 0 Å². The van der Waals surface area contributed by atoms with Gasteiger partial charge in [-0.2, -0.15) is 0 Å². The van der Waals surface area contributed by atoms with E-state index in [2.05, 4.69) is 32.7 Å². The van der Waals surface area contributed by atoms with Gasteiger partial charge in [-0.1, -0.05) is 0 Å². The van der Waals surface area contributed by atoms with Gasteiger partial charge in [-0.15, -0.1) is 0 Å². The third-order valence-corrected chi connectivity index (χ3v) is 15.0. The van der Waals surface area contributed by atoms with E-state index in [0.717, 1.165) is 19.1 Å². The van der Waals surface area contributed by atoms with Gasteiger partial charge in [0.2, 0.25) is 0 Å². The Balaban J connectivity index is 2.64. The smallest absolute Gasteiger partial charge is 0.317 e.